The molecule has 0 radical (unpaired) electrons. The van der Waals surface area contributed by atoms with Crippen molar-refractivity contribution in [1.29, 1.82) is 0 Å². The van der Waals surface area contributed by atoms with Crippen molar-refractivity contribution >= 4 is 17.9 Å². The lowest BCUT2D eigenvalue weighted by atomic mass is 9.52. The van der Waals surface area contributed by atoms with Crippen molar-refractivity contribution in [1.82, 2.24) is 4.90 Å². The minimum Gasteiger partial charge on any atom is -0.443 e. The average Bonchev–Trinajstić information content (AvgIpc) is 2.78. The minimum absolute atomic E-state index is 0.0893. The Morgan fingerprint density at radius 2 is 1.60 bits per heavy atom. The summed E-state index contributed by atoms with van der Waals surface area (Å²) in [5.41, 5.74) is 5.81. The van der Waals surface area contributed by atoms with Crippen molar-refractivity contribution in [2.75, 3.05) is 0 Å². The van der Waals surface area contributed by atoms with E-state index in [0.29, 0.717) is 29.9 Å². The summed E-state index contributed by atoms with van der Waals surface area (Å²) in [6.07, 6.45) is 3.50. The molecule has 130 valence electrons. The number of carbonyl (C=O) groups excluding carboxylic acids is 3. The molecule has 2 unspecified atom stereocenters. The molecule has 1 heterocycles. The number of nitrogens with two attached hydrogens (primary N) is 1. The third-order valence-corrected chi connectivity index (χ3v) is 6.61. The third-order valence-electron chi connectivity index (χ3n) is 6.61. The number of nitrogens with zero attached hydrogens (tertiary/aromatic N) is 1. The zero-order valence-electron chi connectivity index (χ0n) is 13.8. The highest BCUT2D eigenvalue weighted by Gasteiger charge is 2.60. The lowest BCUT2D eigenvalue weighted by Crippen LogP contribution is -2.63. The summed E-state index contributed by atoms with van der Waals surface area (Å²) < 4.78 is 5.53. The van der Waals surface area contributed by atoms with Crippen LogP contribution < -0.4 is 5.73 Å². The highest BCUT2D eigenvalue weighted by Crippen LogP contribution is 2.59. The molecule has 25 heavy (non-hydrogen) atoms. The molecule has 2 N–H and O–H groups in total. The van der Waals surface area contributed by atoms with Crippen LogP contribution in [0.2, 0.25) is 0 Å². The Kier molecular flexibility index (Phi) is 2.89. The number of imide groups is 1. The summed E-state index contributed by atoms with van der Waals surface area (Å²) in [6.45, 7) is 0. The van der Waals surface area contributed by atoms with E-state index >= 15 is 0 Å². The molecule has 4 fully saturated rings. The number of ether oxygens (including phenoxy) is 1. The van der Waals surface area contributed by atoms with Crippen molar-refractivity contribution < 1.29 is 19.1 Å². The fraction of sp³-hybridized carbons (Fsp3) is 0.526. The lowest BCUT2D eigenvalue weighted by Gasteiger charge is -2.60. The fourth-order valence-corrected chi connectivity index (χ4v) is 6.16. The van der Waals surface area contributed by atoms with Crippen LogP contribution >= 0.6 is 0 Å². The van der Waals surface area contributed by atoms with Gasteiger partial charge in [0.05, 0.1) is 11.1 Å². The van der Waals surface area contributed by atoms with Gasteiger partial charge in [-0.05, 0) is 62.0 Å². The molecule has 6 nitrogen and oxygen atoms in total. The normalized spacial score (nSPS) is 38.2. The van der Waals surface area contributed by atoms with Gasteiger partial charge in [0.1, 0.15) is 5.60 Å². The Morgan fingerprint density at radius 3 is 2.12 bits per heavy atom. The summed E-state index contributed by atoms with van der Waals surface area (Å²) in [5, 5.41) is 0. The minimum atomic E-state index is -0.723. The second-order valence-corrected chi connectivity index (χ2v) is 8.09. The van der Waals surface area contributed by atoms with Crippen LogP contribution in [0.1, 0.15) is 52.8 Å². The molecular weight excluding hydrogens is 320 g/mol. The van der Waals surface area contributed by atoms with Crippen molar-refractivity contribution in [2.24, 2.45) is 23.5 Å². The van der Waals surface area contributed by atoms with Gasteiger partial charge in [-0.2, -0.15) is 0 Å². The van der Waals surface area contributed by atoms with Gasteiger partial charge in [0.15, 0.2) is 0 Å². The largest absolute Gasteiger partial charge is 0.443 e. The molecule has 2 atom stereocenters. The molecule has 0 saturated heterocycles. The van der Waals surface area contributed by atoms with E-state index in [1.807, 2.05) is 0 Å². The van der Waals surface area contributed by atoms with Gasteiger partial charge in [0, 0.05) is 6.04 Å². The molecule has 1 aliphatic heterocycles. The molecule has 4 saturated carbocycles. The standard InChI is InChI=1S/C19H20N2O4/c20-18(24)25-19-7-10-5-11(8-19)15(12(6-10)9-19)21-16(22)13-3-1-2-4-14(13)17(21)23/h1-4,10-12,15H,5-9H2,(H2,20,24). The van der Waals surface area contributed by atoms with Crippen molar-refractivity contribution in [3.05, 3.63) is 35.4 Å². The molecule has 4 bridgehead atoms. The van der Waals surface area contributed by atoms with Crippen LogP contribution in [0.15, 0.2) is 24.3 Å². The molecule has 6 rings (SSSR count). The van der Waals surface area contributed by atoms with Crippen LogP contribution in [0.5, 0.6) is 0 Å². The van der Waals surface area contributed by atoms with Crippen molar-refractivity contribution in [2.45, 2.75) is 43.7 Å². The van der Waals surface area contributed by atoms with Gasteiger partial charge in [0.2, 0.25) is 0 Å². The number of carbonyl (C=O) groups is 3. The Balaban J connectivity index is 1.49. The van der Waals surface area contributed by atoms with Gasteiger partial charge in [-0.15, -0.1) is 0 Å². The molecular formula is C19H20N2O4. The zero-order chi connectivity index (χ0) is 17.3. The predicted molar refractivity (Wildman–Crippen MR) is 87.7 cm³/mol. The molecule has 0 aromatic heterocycles. The van der Waals surface area contributed by atoms with Gasteiger partial charge in [0.25, 0.3) is 11.8 Å². The summed E-state index contributed by atoms with van der Waals surface area (Å²) in [4.78, 5) is 38.6. The second-order valence-electron chi connectivity index (χ2n) is 8.09. The smallest absolute Gasteiger partial charge is 0.405 e. The molecule has 6 heteroatoms. The van der Waals surface area contributed by atoms with Crippen LogP contribution in [0.25, 0.3) is 0 Å². The van der Waals surface area contributed by atoms with E-state index in [0.717, 1.165) is 19.3 Å². The molecule has 0 spiro atoms. The van der Waals surface area contributed by atoms with Crippen molar-refractivity contribution in [3.63, 3.8) is 0 Å². The van der Waals surface area contributed by atoms with Gasteiger partial charge in [-0.3, -0.25) is 14.5 Å². The SMILES string of the molecule is NC(=O)OC12CC3CC(C1)C(N1C(=O)c4ccccc4C1=O)C(C3)C2. The molecule has 5 aliphatic rings. The number of benzene rings is 1. The number of fused-ring (bicyclic) bond motifs is 1. The Hall–Kier alpha value is -2.37. The van der Waals surface area contributed by atoms with E-state index in [-0.39, 0.29) is 29.7 Å². The van der Waals surface area contributed by atoms with Crippen LogP contribution in [0.4, 0.5) is 4.79 Å². The summed E-state index contributed by atoms with van der Waals surface area (Å²) in [6, 6.07) is 6.95. The fourth-order valence-electron chi connectivity index (χ4n) is 6.16. The van der Waals surface area contributed by atoms with Gasteiger partial charge >= 0.3 is 6.09 Å². The maximum absolute atomic E-state index is 12.9. The van der Waals surface area contributed by atoms with E-state index in [9.17, 15) is 14.4 Å². The van der Waals surface area contributed by atoms with Crippen LogP contribution in [-0.4, -0.2) is 34.5 Å². The first kappa shape index (κ1) is 14.9. The first-order chi connectivity index (χ1) is 12.0. The third kappa shape index (κ3) is 2.00. The van der Waals surface area contributed by atoms with Gasteiger partial charge in [-0.25, -0.2) is 4.79 Å². The van der Waals surface area contributed by atoms with Gasteiger partial charge in [-0.1, -0.05) is 12.1 Å². The Bertz CT molecular complexity index is 753. The zero-order valence-corrected chi connectivity index (χ0v) is 13.8. The summed E-state index contributed by atoms with van der Waals surface area (Å²) in [7, 11) is 0. The maximum atomic E-state index is 12.9. The van der Waals surface area contributed by atoms with Crippen LogP contribution in [0, 0.1) is 17.8 Å². The average molecular weight is 340 g/mol. The highest BCUT2D eigenvalue weighted by atomic mass is 16.6. The number of hydrogen-bond acceptors (Lipinski definition) is 4. The first-order valence-electron chi connectivity index (χ1n) is 8.93. The maximum Gasteiger partial charge on any atom is 0.405 e. The number of primary amides is 1. The Labute approximate surface area is 145 Å². The van der Waals surface area contributed by atoms with Crippen LogP contribution in [-0.2, 0) is 4.74 Å². The number of hydrogen-bond donors (Lipinski definition) is 1. The van der Waals surface area contributed by atoms with E-state index in [1.165, 1.54) is 4.90 Å². The van der Waals surface area contributed by atoms with E-state index in [2.05, 4.69) is 0 Å². The number of amides is 3. The molecule has 1 aromatic carbocycles. The summed E-state index contributed by atoms with van der Waals surface area (Å²) in [5.74, 6) is 0.509. The monoisotopic (exact) mass is 340 g/mol. The van der Waals surface area contributed by atoms with E-state index in [1.54, 1.807) is 24.3 Å². The van der Waals surface area contributed by atoms with Crippen molar-refractivity contribution in [3.8, 4) is 0 Å². The second kappa shape index (κ2) is 4.84. The van der Waals surface area contributed by atoms with Crippen LogP contribution in [0.3, 0.4) is 0 Å². The van der Waals surface area contributed by atoms with Gasteiger partial charge < -0.3 is 10.5 Å². The summed E-state index contributed by atoms with van der Waals surface area (Å²) >= 11 is 0. The number of rotatable bonds is 2. The molecule has 4 aliphatic carbocycles. The quantitative estimate of drug-likeness (QED) is 0.837. The topological polar surface area (TPSA) is 89.7 Å². The Morgan fingerprint density at radius 1 is 1.04 bits per heavy atom. The molecule has 1 aromatic rings. The first-order valence-corrected chi connectivity index (χ1v) is 8.93. The highest BCUT2D eigenvalue weighted by molar-refractivity contribution is 6.21. The van der Waals surface area contributed by atoms with E-state index in [4.69, 9.17) is 10.5 Å². The molecule has 3 amide bonds. The predicted octanol–water partition coefficient (Wildman–Crippen LogP) is 2.33. The van der Waals surface area contributed by atoms with E-state index < -0.39 is 11.7 Å². The lowest BCUT2D eigenvalue weighted by molar-refractivity contribution is -0.149.